The minimum absolute atomic E-state index is 0.0261. The maximum Gasteiger partial charge on any atom is 0.425 e. The number of carbonyl (C=O) groups is 2. The van der Waals surface area contributed by atoms with Crippen molar-refractivity contribution in [1.82, 2.24) is 19.7 Å². The summed E-state index contributed by atoms with van der Waals surface area (Å²) >= 11 is 0.381. The molecular weight excluding hydrogens is 681 g/mol. The number of halogens is 7. The first-order valence-corrected chi connectivity index (χ1v) is 16.7. The second-order valence-corrected chi connectivity index (χ2v) is 13.2. The minimum Gasteiger partial charge on any atom is -0.474 e. The highest BCUT2D eigenvalue weighted by Crippen LogP contribution is 2.43. The van der Waals surface area contributed by atoms with Gasteiger partial charge in [0.15, 0.2) is 0 Å². The van der Waals surface area contributed by atoms with Gasteiger partial charge in [0.25, 0.3) is 11.8 Å². The molecule has 0 bridgehead atoms. The Hall–Kier alpha value is -3.76. The van der Waals surface area contributed by atoms with Crippen molar-refractivity contribution >= 4 is 23.2 Å². The molecule has 1 aromatic carbocycles. The number of alkyl halides is 6. The molecule has 49 heavy (non-hydrogen) atoms. The highest BCUT2D eigenvalue weighted by atomic mass is 32.1. The number of amides is 2. The average molecular weight is 715 g/mol. The van der Waals surface area contributed by atoms with Crippen LogP contribution in [0.15, 0.2) is 48.0 Å². The number of ether oxygens (including phenoxy) is 2. The van der Waals surface area contributed by atoms with Crippen LogP contribution in [0.5, 0.6) is 5.75 Å². The average Bonchev–Trinajstić information content (AvgIpc) is 3.56. The summed E-state index contributed by atoms with van der Waals surface area (Å²) in [6, 6.07) is 5.60. The molecule has 16 heteroatoms. The van der Waals surface area contributed by atoms with Crippen LogP contribution in [0.2, 0.25) is 0 Å². The molecule has 2 saturated heterocycles. The second-order valence-electron chi connectivity index (χ2n) is 12.3. The third-order valence-corrected chi connectivity index (χ3v) is 10.2. The van der Waals surface area contributed by atoms with Gasteiger partial charge < -0.3 is 19.3 Å². The second kappa shape index (κ2) is 13.9. The van der Waals surface area contributed by atoms with Crippen molar-refractivity contribution in [2.45, 2.75) is 56.2 Å². The van der Waals surface area contributed by atoms with Gasteiger partial charge in [0, 0.05) is 63.3 Å². The molecule has 3 aliphatic heterocycles. The van der Waals surface area contributed by atoms with E-state index >= 15 is 0 Å². The van der Waals surface area contributed by atoms with Crippen LogP contribution in [0.25, 0.3) is 0 Å². The molecule has 2 amide bonds. The van der Waals surface area contributed by atoms with E-state index in [1.54, 1.807) is 6.07 Å². The van der Waals surface area contributed by atoms with Crippen molar-refractivity contribution in [1.29, 1.82) is 0 Å². The Kier molecular flexibility index (Phi) is 9.93. The van der Waals surface area contributed by atoms with Crippen molar-refractivity contribution in [2.24, 2.45) is 0 Å². The van der Waals surface area contributed by atoms with Gasteiger partial charge in [0.05, 0.1) is 24.8 Å². The Bertz CT molecular complexity index is 1680. The van der Waals surface area contributed by atoms with E-state index in [2.05, 4.69) is 4.98 Å². The number of piperidine rings is 1. The summed E-state index contributed by atoms with van der Waals surface area (Å²) in [5.74, 6) is -2.37. The number of benzene rings is 1. The molecule has 264 valence electrons. The van der Waals surface area contributed by atoms with E-state index in [1.807, 2.05) is 4.90 Å². The quantitative estimate of drug-likeness (QED) is 0.278. The normalized spacial score (nSPS) is 22.1. The number of carbonyl (C=O) groups excluding carboxylic acids is 2. The van der Waals surface area contributed by atoms with E-state index in [9.17, 15) is 40.3 Å². The van der Waals surface area contributed by atoms with Gasteiger partial charge in [0.2, 0.25) is 5.60 Å². The Morgan fingerprint density at radius 2 is 1.78 bits per heavy atom. The van der Waals surface area contributed by atoms with E-state index in [1.165, 1.54) is 21.9 Å². The largest absolute Gasteiger partial charge is 0.474 e. The zero-order valence-electron chi connectivity index (χ0n) is 26.2. The molecule has 2 atom stereocenters. The summed E-state index contributed by atoms with van der Waals surface area (Å²) in [4.78, 5) is 36.6. The smallest absolute Gasteiger partial charge is 0.425 e. The van der Waals surface area contributed by atoms with E-state index in [4.69, 9.17) is 9.47 Å². The number of nitrogens with zero attached hydrogens (tertiary/aromatic N) is 4. The number of hydrogen-bond acceptors (Lipinski definition) is 7. The van der Waals surface area contributed by atoms with Crippen LogP contribution >= 0.6 is 11.3 Å². The first kappa shape index (κ1) is 35.1. The SMILES string of the molecule is O=C(c1ncccc1C(F)(F)F)N1CCC[C@@](Oc2csc(C(F)(F)F)c2)(C(=O)N2CCc3cc(F)ccc3C2)[C@H]1CCN1CCOCC1. The Labute approximate surface area is 281 Å². The van der Waals surface area contributed by atoms with Gasteiger partial charge in [-0.2, -0.15) is 26.3 Å². The first-order chi connectivity index (χ1) is 23.3. The van der Waals surface area contributed by atoms with Gasteiger partial charge in [-0.15, -0.1) is 11.3 Å². The summed E-state index contributed by atoms with van der Waals surface area (Å²) in [6.45, 7) is 2.33. The zero-order valence-corrected chi connectivity index (χ0v) is 27.0. The molecule has 0 N–H and O–H groups in total. The molecule has 2 aromatic heterocycles. The maximum atomic E-state index is 14.9. The van der Waals surface area contributed by atoms with Crippen molar-refractivity contribution in [3.8, 4) is 5.75 Å². The fraction of sp³-hybridized carbons (Fsp3) is 0.485. The van der Waals surface area contributed by atoms with Gasteiger partial charge >= 0.3 is 12.4 Å². The molecule has 0 unspecified atom stereocenters. The van der Waals surface area contributed by atoms with Crippen LogP contribution in [0, 0.1) is 5.82 Å². The molecule has 6 rings (SSSR count). The van der Waals surface area contributed by atoms with E-state index in [0.29, 0.717) is 55.3 Å². The summed E-state index contributed by atoms with van der Waals surface area (Å²) < 4.78 is 109. The number of morpholine rings is 1. The van der Waals surface area contributed by atoms with Crippen LogP contribution in [0.4, 0.5) is 30.7 Å². The first-order valence-electron chi connectivity index (χ1n) is 15.8. The number of aromatic nitrogens is 1. The van der Waals surface area contributed by atoms with Gasteiger partial charge in [0.1, 0.15) is 22.1 Å². The van der Waals surface area contributed by atoms with E-state index in [0.717, 1.165) is 29.8 Å². The maximum absolute atomic E-state index is 14.9. The predicted octanol–water partition coefficient (Wildman–Crippen LogP) is 6.05. The molecular formula is C33H33F7N4O4S. The Morgan fingerprint density at radius 1 is 1.00 bits per heavy atom. The Morgan fingerprint density at radius 3 is 2.49 bits per heavy atom. The predicted molar refractivity (Wildman–Crippen MR) is 163 cm³/mol. The molecule has 3 aromatic rings. The van der Waals surface area contributed by atoms with Gasteiger partial charge in [-0.1, -0.05) is 6.07 Å². The number of pyridine rings is 1. The van der Waals surface area contributed by atoms with Gasteiger partial charge in [-0.25, -0.2) is 4.39 Å². The third-order valence-electron chi connectivity index (χ3n) is 9.25. The number of thiophene rings is 1. The van der Waals surface area contributed by atoms with Crippen LogP contribution in [-0.4, -0.2) is 89.1 Å². The fourth-order valence-corrected chi connectivity index (χ4v) is 7.57. The molecule has 8 nitrogen and oxygen atoms in total. The highest BCUT2D eigenvalue weighted by molar-refractivity contribution is 7.10. The lowest BCUT2D eigenvalue weighted by Crippen LogP contribution is -2.68. The molecule has 0 aliphatic carbocycles. The van der Waals surface area contributed by atoms with Gasteiger partial charge in [-0.3, -0.25) is 19.5 Å². The zero-order chi connectivity index (χ0) is 35.0. The summed E-state index contributed by atoms with van der Waals surface area (Å²) in [6.07, 6.45) is -8.11. The Balaban J connectivity index is 1.44. The molecule has 0 saturated carbocycles. The lowest BCUT2D eigenvalue weighted by molar-refractivity contribution is -0.160. The van der Waals surface area contributed by atoms with Crippen LogP contribution in [0.3, 0.4) is 0 Å². The van der Waals surface area contributed by atoms with Crippen LogP contribution < -0.4 is 4.74 Å². The van der Waals surface area contributed by atoms with E-state index < -0.39 is 57.8 Å². The highest BCUT2D eigenvalue weighted by Gasteiger charge is 2.56. The summed E-state index contributed by atoms with van der Waals surface area (Å²) in [5, 5.41) is 1.13. The molecule has 2 fully saturated rings. The fourth-order valence-electron chi connectivity index (χ4n) is 6.89. The standard InChI is InChI=1S/C33H33F7N4O4S/c34-23-5-4-22-19-43(12-6-21(22)17-23)30(46)31(48-24-18-27(49-20-24)33(38,39)40)8-2-10-44(26(31)7-11-42-13-15-47-16-14-42)29(45)28-25(32(35,36)37)3-1-9-41-28/h1,3-5,9,17-18,20,26H,2,6-8,10-16,19H2/t26-,31+/m1/s1. The minimum atomic E-state index is -4.91. The molecule has 3 aliphatic rings. The summed E-state index contributed by atoms with van der Waals surface area (Å²) in [7, 11) is 0. The topological polar surface area (TPSA) is 75.2 Å². The number of hydrogen-bond donors (Lipinski definition) is 0. The van der Waals surface area contributed by atoms with Crippen LogP contribution in [0.1, 0.15) is 51.3 Å². The van der Waals surface area contributed by atoms with Crippen molar-refractivity contribution in [3.05, 3.63) is 81.1 Å². The van der Waals surface area contributed by atoms with E-state index in [-0.39, 0.29) is 51.1 Å². The lowest BCUT2D eigenvalue weighted by Gasteiger charge is -2.50. The molecule has 5 heterocycles. The van der Waals surface area contributed by atoms with Crippen LogP contribution in [-0.2, 0) is 34.8 Å². The van der Waals surface area contributed by atoms with Crippen molar-refractivity contribution < 1.29 is 49.8 Å². The third kappa shape index (κ3) is 7.41. The van der Waals surface area contributed by atoms with Gasteiger partial charge in [-0.05, 0) is 54.7 Å². The number of likely N-dealkylation sites (tertiary alicyclic amines) is 1. The van der Waals surface area contributed by atoms with Crippen molar-refractivity contribution in [2.75, 3.05) is 45.9 Å². The summed E-state index contributed by atoms with van der Waals surface area (Å²) in [5.41, 5.74) is -2.70. The molecule has 0 radical (unpaired) electrons. The molecule has 0 spiro atoms. The number of rotatable bonds is 7. The monoisotopic (exact) mass is 714 g/mol. The number of fused-ring (bicyclic) bond motifs is 1. The lowest BCUT2D eigenvalue weighted by atomic mass is 9.79. The van der Waals surface area contributed by atoms with Crippen molar-refractivity contribution in [3.63, 3.8) is 0 Å².